The van der Waals surface area contributed by atoms with Gasteiger partial charge in [-0.2, -0.15) is 0 Å². The highest BCUT2D eigenvalue weighted by molar-refractivity contribution is 6.05. The summed E-state index contributed by atoms with van der Waals surface area (Å²) in [6, 6.07) is 13.2. The predicted octanol–water partition coefficient (Wildman–Crippen LogP) is 3.62. The van der Waals surface area contributed by atoms with Gasteiger partial charge in [-0.05, 0) is 58.9 Å². The number of carbonyl (C=O) groups is 1. The molecular weight excluding hydrogens is 330 g/mol. The molecule has 2 heterocycles. The molecule has 6 heteroatoms. The van der Waals surface area contributed by atoms with E-state index in [-0.39, 0.29) is 12.6 Å². The maximum Gasteiger partial charge on any atom is 0.339 e. The van der Waals surface area contributed by atoms with Crippen molar-refractivity contribution in [2.75, 3.05) is 0 Å². The molecule has 2 aromatic heterocycles. The molecule has 0 spiro atoms. The van der Waals surface area contributed by atoms with Gasteiger partial charge in [0, 0.05) is 11.1 Å². The summed E-state index contributed by atoms with van der Waals surface area (Å²) in [6.07, 6.45) is 2.80. The summed E-state index contributed by atoms with van der Waals surface area (Å²) in [5, 5.41) is 8.45. The summed E-state index contributed by atoms with van der Waals surface area (Å²) < 4.78 is 10.3. The van der Waals surface area contributed by atoms with Gasteiger partial charge in [-0.1, -0.05) is 24.3 Å². The van der Waals surface area contributed by atoms with Gasteiger partial charge in [-0.25, -0.2) is 9.42 Å². The zero-order valence-corrected chi connectivity index (χ0v) is 13.9. The maximum absolute atomic E-state index is 12.9. The molecule has 0 bridgehead atoms. The number of hydrogen-bond donors (Lipinski definition) is 0. The molecule has 128 valence electrons. The van der Waals surface area contributed by atoms with E-state index in [1.54, 1.807) is 6.07 Å². The number of benzene rings is 2. The van der Waals surface area contributed by atoms with E-state index in [9.17, 15) is 4.79 Å². The third-order valence-electron chi connectivity index (χ3n) is 4.81. The van der Waals surface area contributed by atoms with Crippen LogP contribution in [0.4, 0.5) is 0 Å². The average molecular weight is 345 g/mol. The Labute approximate surface area is 148 Å². The smallest absolute Gasteiger partial charge is 0.339 e. The number of ether oxygens (including phenoxy) is 1. The molecular formula is C20H15N3O3. The van der Waals surface area contributed by atoms with Crippen molar-refractivity contribution in [2.24, 2.45) is 0 Å². The van der Waals surface area contributed by atoms with E-state index in [0.29, 0.717) is 16.6 Å². The highest BCUT2D eigenvalue weighted by Gasteiger charge is 2.24. The molecule has 4 aromatic rings. The summed E-state index contributed by atoms with van der Waals surface area (Å²) in [5.74, 6) is -0.305. The van der Waals surface area contributed by atoms with Gasteiger partial charge in [0.25, 0.3) is 0 Å². The summed E-state index contributed by atoms with van der Waals surface area (Å²) >= 11 is 0. The van der Waals surface area contributed by atoms with Gasteiger partial charge < -0.3 is 4.74 Å². The molecule has 26 heavy (non-hydrogen) atoms. The lowest BCUT2D eigenvalue weighted by Crippen LogP contribution is -2.10. The van der Waals surface area contributed by atoms with Gasteiger partial charge in [0.1, 0.15) is 17.6 Å². The number of hydrogen-bond acceptors (Lipinski definition) is 6. The Balaban J connectivity index is 1.48. The van der Waals surface area contributed by atoms with Crippen molar-refractivity contribution in [3.63, 3.8) is 0 Å². The van der Waals surface area contributed by atoms with Gasteiger partial charge in [-0.3, -0.25) is 4.98 Å². The zero-order valence-electron chi connectivity index (χ0n) is 13.9. The minimum Gasteiger partial charge on any atom is -0.457 e. The van der Waals surface area contributed by atoms with Gasteiger partial charge >= 0.3 is 5.97 Å². The summed E-state index contributed by atoms with van der Waals surface area (Å²) in [5.41, 5.74) is 5.72. The number of aryl methyl sites for hydroxylation is 1. The molecule has 0 atom stereocenters. The van der Waals surface area contributed by atoms with Crippen LogP contribution in [0.3, 0.4) is 0 Å². The molecule has 0 saturated heterocycles. The highest BCUT2D eigenvalue weighted by atomic mass is 16.6. The summed E-state index contributed by atoms with van der Waals surface area (Å²) in [7, 11) is 0. The standard InChI is InChI=1S/C20H15N3O3/c24-20(25-11-12-8-9-17-18(10-12)23-26-22-17)19-13-4-1-2-6-15(13)21-16-7-3-5-14(16)19/h1-2,4,6,8-10H,3,5,7,11H2. The number of pyridine rings is 1. The van der Waals surface area contributed by atoms with Gasteiger partial charge in [-0.15, -0.1) is 0 Å². The van der Waals surface area contributed by atoms with Gasteiger partial charge in [0.05, 0.1) is 11.1 Å². The first-order valence-corrected chi connectivity index (χ1v) is 8.58. The Morgan fingerprint density at radius 1 is 1.04 bits per heavy atom. The van der Waals surface area contributed by atoms with Crippen LogP contribution in [0.2, 0.25) is 0 Å². The van der Waals surface area contributed by atoms with Crippen LogP contribution in [0.25, 0.3) is 21.9 Å². The Morgan fingerprint density at radius 2 is 1.92 bits per heavy atom. The van der Waals surface area contributed by atoms with Crippen LogP contribution in [0.15, 0.2) is 47.1 Å². The Bertz CT molecular complexity index is 1150. The minimum atomic E-state index is -0.305. The topological polar surface area (TPSA) is 78.1 Å². The van der Waals surface area contributed by atoms with Crippen LogP contribution >= 0.6 is 0 Å². The van der Waals surface area contributed by atoms with Crippen LogP contribution < -0.4 is 0 Å². The molecule has 1 aliphatic carbocycles. The fourth-order valence-electron chi connectivity index (χ4n) is 3.58. The van der Waals surface area contributed by atoms with E-state index in [1.165, 1.54) is 0 Å². The maximum atomic E-state index is 12.9. The molecule has 6 nitrogen and oxygen atoms in total. The fourth-order valence-corrected chi connectivity index (χ4v) is 3.58. The highest BCUT2D eigenvalue weighted by Crippen LogP contribution is 2.30. The molecule has 0 aliphatic heterocycles. The molecule has 1 aliphatic rings. The minimum absolute atomic E-state index is 0.174. The number of aromatic nitrogens is 3. The largest absolute Gasteiger partial charge is 0.457 e. The lowest BCUT2D eigenvalue weighted by Gasteiger charge is -2.12. The van der Waals surface area contributed by atoms with Crippen molar-refractivity contribution in [2.45, 2.75) is 25.9 Å². The van der Waals surface area contributed by atoms with E-state index in [4.69, 9.17) is 14.3 Å². The van der Waals surface area contributed by atoms with Crippen molar-refractivity contribution < 1.29 is 14.2 Å². The Kier molecular flexibility index (Phi) is 3.41. The van der Waals surface area contributed by atoms with Crippen molar-refractivity contribution in [3.05, 3.63) is 64.8 Å². The molecule has 2 aromatic carbocycles. The van der Waals surface area contributed by atoms with E-state index >= 15 is 0 Å². The summed E-state index contributed by atoms with van der Waals surface area (Å²) in [4.78, 5) is 17.6. The second-order valence-corrected chi connectivity index (χ2v) is 6.45. The van der Waals surface area contributed by atoms with E-state index < -0.39 is 0 Å². The molecule has 0 amide bonds. The van der Waals surface area contributed by atoms with Crippen LogP contribution in [-0.4, -0.2) is 21.3 Å². The third kappa shape index (κ3) is 2.42. The first-order valence-electron chi connectivity index (χ1n) is 8.58. The van der Waals surface area contributed by atoms with E-state index in [0.717, 1.165) is 47.0 Å². The van der Waals surface area contributed by atoms with Gasteiger partial charge in [0.2, 0.25) is 0 Å². The first kappa shape index (κ1) is 15.0. The molecule has 0 saturated carbocycles. The van der Waals surface area contributed by atoms with Crippen LogP contribution in [0, 0.1) is 0 Å². The Morgan fingerprint density at radius 3 is 2.88 bits per heavy atom. The quantitative estimate of drug-likeness (QED) is 0.528. The molecule has 0 unspecified atom stereocenters. The zero-order chi connectivity index (χ0) is 17.5. The van der Waals surface area contributed by atoms with Crippen LogP contribution in [0.5, 0.6) is 0 Å². The summed E-state index contributed by atoms with van der Waals surface area (Å²) in [6.45, 7) is 0.174. The van der Waals surface area contributed by atoms with Crippen molar-refractivity contribution >= 4 is 27.9 Å². The van der Waals surface area contributed by atoms with Gasteiger partial charge in [0.15, 0.2) is 0 Å². The second kappa shape index (κ2) is 5.91. The van der Waals surface area contributed by atoms with Crippen molar-refractivity contribution in [3.8, 4) is 0 Å². The molecule has 0 N–H and O–H groups in total. The van der Waals surface area contributed by atoms with Crippen LogP contribution in [0.1, 0.15) is 33.6 Å². The van der Waals surface area contributed by atoms with Crippen molar-refractivity contribution in [1.82, 2.24) is 15.3 Å². The second-order valence-electron chi connectivity index (χ2n) is 6.45. The number of rotatable bonds is 3. The Hall–Kier alpha value is -3.28. The van der Waals surface area contributed by atoms with E-state index in [2.05, 4.69) is 10.3 Å². The molecule has 5 rings (SSSR count). The monoisotopic (exact) mass is 345 g/mol. The predicted molar refractivity (Wildman–Crippen MR) is 94.7 cm³/mol. The molecule has 0 radical (unpaired) electrons. The van der Waals surface area contributed by atoms with Crippen LogP contribution in [-0.2, 0) is 24.2 Å². The number of carbonyl (C=O) groups excluding carboxylic acids is 1. The van der Waals surface area contributed by atoms with Crippen molar-refractivity contribution in [1.29, 1.82) is 0 Å². The third-order valence-corrected chi connectivity index (χ3v) is 4.81. The fraction of sp³-hybridized carbons (Fsp3) is 0.200. The molecule has 0 fully saturated rings. The number of fused-ring (bicyclic) bond motifs is 3. The SMILES string of the molecule is O=C(OCc1ccc2nonc2c1)c1c2c(nc3ccccc13)CCC2. The number of nitrogens with zero attached hydrogens (tertiary/aromatic N) is 3. The van der Waals surface area contributed by atoms with E-state index in [1.807, 2.05) is 36.4 Å². The number of esters is 1. The lowest BCUT2D eigenvalue weighted by molar-refractivity contribution is 0.0474. The first-order chi connectivity index (χ1) is 12.8. The normalized spacial score (nSPS) is 13.2. The number of para-hydroxylation sites is 1. The lowest BCUT2D eigenvalue weighted by atomic mass is 10.0. The average Bonchev–Trinajstić information content (AvgIpc) is 3.32.